The number of methoxy groups -OCH3 is 3. The molecule has 32 heavy (non-hydrogen) atoms. The number of rotatable bonds is 6. The third-order valence-corrected chi connectivity index (χ3v) is 8.25. The van der Waals surface area contributed by atoms with Gasteiger partial charge >= 0.3 is 5.97 Å². The summed E-state index contributed by atoms with van der Waals surface area (Å²) >= 11 is 0. The van der Waals surface area contributed by atoms with Crippen LogP contribution in [0.1, 0.15) is 34.7 Å². The van der Waals surface area contributed by atoms with Crippen LogP contribution in [0.15, 0.2) is 36.4 Å². The van der Waals surface area contributed by atoms with Crippen LogP contribution in [0.25, 0.3) is 0 Å². The molecule has 2 aromatic carbocycles. The second kappa shape index (κ2) is 9.09. The fraction of sp³-hybridized carbons (Fsp3) is 0.435. The van der Waals surface area contributed by atoms with Crippen LogP contribution in [0.4, 0.5) is 0 Å². The molecule has 0 saturated carbocycles. The van der Waals surface area contributed by atoms with Gasteiger partial charge in [-0.1, -0.05) is 24.3 Å². The van der Waals surface area contributed by atoms with Crippen molar-refractivity contribution in [2.45, 2.75) is 31.8 Å². The Labute approximate surface area is 188 Å². The van der Waals surface area contributed by atoms with Gasteiger partial charge in [-0.15, -0.1) is 0 Å². The lowest BCUT2D eigenvalue weighted by Gasteiger charge is -2.40. The number of esters is 1. The van der Waals surface area contributed by atoms with Gasteiger partial charge in [0.1, 0.15) is 0 Å². The van der Waals surface area contributed by atoms with E-state index in [9.17, 15) is 13.2 Å². The zero-order valence-corrected chi connectivity index (χ0v) is 19.4. The SMILES string of the molecule is COC(=O)CC1c2cc(OC)c(OC)cc2CCN1S(=O)(=O)N1CCc2ccccc2C1. The molecule has 2 aliphatic heterocycles. The van der Waals surface area contributed by atoms with Gasteiger partial charge < -0.3 is 14.2 Å². The van der Waals surface area contributed by atoms with Gasteiger partial charge in [0.2, 0.25) is 0 Å². The van der Waals surface area contributed by atoms with Gasteiger partial charge in [-0.25, -0.2) is 0 Å². The third kappa shape index (κ3) is 4.07. The number of carbonyl (C=O) groups excluding carboxylic acids is 1. The Hall–Kier alpha value is -2.62. The van der Waals surface area contributed by atoms with E-state index in [0.29, 0.717) is 37.4 Å². The summed E-state index contributed by atoms with van der Waals surface area (Å²) in [5.74, 6) is 0.598. The van der Waals surface area contributed by atoms with Gasteiger partial charge in [0, 0.05) is 19.6 Å². The summed E-state index contributed by atoms with van der Waals surface area (Å²) in [6.45, 7) is 0.989. The molecule has 1 atom stereocenters. The average molecular weight is 461 g/mol. The van der Waals surface area contributed by atoms with E-state index in [2.05, 4.69) is 0 Å². The molecule has 0 N–H and O–H groups in total. The van der Waals surface area contributed by atoms with Crippen LogP contribution in [-0.4, -0.2) is 57.4 Å². The van der Waals surface area contributed by atoms with Crippen molar-refractivity contribution in [1.29, 1.82) is 0 Å². The van der Waals surface area contributed by atoms with Gasteiger partial charge in [0.05, 0.1) is 33.8 Å². The monoisotopic (exact) mass is 460 g/mol. The zero-order valence-electron chi connectivity index (χ0n) is 18.5. The summed E-state index contributed by atoms with van der Waals surface area (Å²) in [5.41, 5.74) is 3.86. The predicted octanol–water partition coefficient (Wildman–Crippen LogP) is 2.47. The highest BCUT2D eigenvalue weighted by atomic mass is 32.2. The Morgan fingerprint density at radius 2 is 1.62 bits per heavy atom. The highest BCUT2D eigenvalue weighted by Crippen LogP contribution is 2.41. The normalized spacial score (nSPS) is 19.0. The molecule has 1 unspecified atom stereocenters. The smallest absolute Gasteiger partial charge is 0.307 e. The van der Waals surface area contributed by atoms with Gasteiger partial charge in [-0.2, -0.15) is 17.0 Å². The van der Waals surface area contributed by atoms with E-state index in [0.717, 1.165) is 16.7 Å². The van der Waals surface area contributed by atoms with E-state index >= 15 is 0 Å². The highest BCUT2D eigenvalue weighted by molar-refractivity contribution is 7.86. The maximum absolute atomic E-state index is 13.8. The molecule has 2 aliphatic rings. The Kier molecular flexibility index (Phi) is 6.41. The first-order valence-corrected chi connectivity index (χ1v) is 11.9. The largest absolute Gasteiger partial charge is 0.493 e. The van der Waals surface area contributed by atoms with Crippen molar-refractivity contribution in [2.24, 2.45) is 0 Å². The van der Waals surface area contributed by atoms with Crippen molar-refractivity contribution in [3.8, 4) is 11.5 Å². The molecular formula is C23H28N2O6S. The average Bonchev–Trinajstić information content (AvgIpc) is 2.82. The maximum atomic E-state index is 13.8. The predicted molar refractivity (Wildman–Crippen MR) is 119 cm³/mol. The lowest BCUT2D eigenvalue weighted by atomic mass is 9.91. The Morgan fingerprint density at radius 3 is 2.31 bits per heavy atom. The zero-order chi connectivity index (χ0) is 22.9. The van der Waals surface area contributed by atoms with Gasteiger partial charge in [-0.3, -0.25) is 4.79 Å². The van der Waals surface area contributed by atoms with E-state index in [1.807, 2.05) is 30.3 Å². The molecule has 0 amide bonds. The lowest BCUT2D eigenvalue weighted by Crippen LogP contribution is -2.49. The number of hydrogen-bond acceptors (Lipinski definition) is 6. The van der Waals surface area contributed by atoms with Crippen LogP contribution in [0.2, 0.25) is 0 Å². The number of ether oxygens (including phenoxy) is 3. The van der Waals surface area contributed by atoms with Crippen molar-refractivity contribution in [1.82, 2.24) is 8.61 Å². The van der Waals surface area contributed by atoms with Crippen LogP contribution < -0.4 is 9.47 Å². The molecule has 9 heteroatoms. The lowest BCUT2D eigenvalue weighted by molar-refractivity contribution is -0.141. The van der Waals surface area contributed by atoms with Gasteiger partial charge in [0.15, 0.2) is 11.5 Å². The molecule has 0 aromatic heterocycles. The number of benzene rings is 2. The van der Waals surface area contributed by atoms with Gasteiger partial charge in [-0.05, 0) is 47.2 Å². The van der Waals surface area contributed by atoms with Crippen molar-refractivity contribution in [3.63, 3.8) is 0 Å². The molecule has 8 nitrogen and oxygen atoms in total. The summed E-state index contributed by atoms with van der Waals surface area (Å²) in [6, 6.07) is 10.8. The van der Waals surface area contributed by atoms with E-state index in [1.54, 1.807) is 13.2 Å². The minimum Gasteiger partial charge on any atom is -0.493 e. The minimum absolute atomic E-state index is 0.0807. The fourth-order valence-corrected chi connectivity index (χ4v) is 6.30. The van der Waals surface area contributed by atoms with E-state index in [4.69, 9.17) is 14.2 Å². The quantitative estimate of drug-likeness (QED) is 0.616. The molecule has 0 radical (unpaired) electrons. The fourth-order valence-electron chi connectivity index (χ4n) is 4.55. The maximum Gasteiger partial charge on any atom is 0.307 e. The Bertz CT molecular complexity index is 1120. The Morgan fingerprint density at radius 1 is 0.969 bits per heavy atom. The second-order valence-corrected chi connectivity index (χ2v) is 9.80. The summed E-state index contributed by atoms with van der Waals surface area (Å²) in [7, 11) is 0.574. The molecule has 2 aromatic rings. The molecule has 4 rings (SSSR count). The van der Waals surface area contributed by atoms with E-state index in [1.165, 1.54) is 28.4 Å². The van der Waals surface area contributed by atoms with Crippen LogP contribution in [-0.2, 0) is 39.1 Å². The topological polar surface area (TPSA) is 85.4 Å². The summed E-state index contributed by atoms with van der Waals surface area (Å²) < 4.78 is 46.2. The highest BCUT2D eigenvalue weighted by Gasteiger charge is 2.41. The molecule has 0 fully saturated rings. The van der Waals surface area contributed by atoms with Gasteiger partial charge in [0.25, 0.3) is 10.2 Å². The van der Waals surface area contributed by atoms with Crippen LogP contribution in [0, 0.1) is 0 Å². The van der Waals surface area contributed by atoms with Crippen LogP contribution >= 0.6 is 0 Å². The Balaban J connectivity index is 1.72. The number of fused-ring (bicyclic) bond motifs is 2. The van der Waals surface area contributed by atoms with E-state index < -0.39 is 22.2 Å². The van der Waals surface area contributed by atoms with Crippen molar-refractivity contribution in [2.75, 3.05) is 34.4 Å². The first-order chi connectivity index (χ1) is 15.4. The molecule has 0 aliphatic carbocycles. The number of hydrogen-bond donors (Lipinski definition) is 0. The molecule has 0 bridgehead atoms. The third-order valence-electron chi connectivity index (χ3n) is 6.26. The standard InChI is InChI=1S/C23H28N2O6S/c1-29-21-12-17-9-11-25(20(14-23(26)31-3)19(17)13-22(21)30-2)32(27,28)24-10-8-16-6-4-5-7-18(16)15-24/h4-7,12-13,20H,8-11,14-15H2,1-3H3. The molecule has 0 spiro atoms. The summed E-state index contributed by atoms with van der Waals surface area (Å²) in [4.78, 5) is 12.3. The minimum atomic E-state index is -3.82. The summed E-state index contributed by atoms with van der Waals surface area (Å²) in [6.07, 6.45) is 1.09. The first kappa shape index (κ1) is 22.6. The van der Waals surface area contributed by atoms with Crippen LogP contribution in [0.5, 0.6) is 11.5 Å². The molecule has 172 valence electrons. The molecular weight excluding hydrogens is 432 g/mol. The first-order valence-electron chi connectivity index (χ1n) is 10.5. The van der Waals surface area contributed by atoms with E-state index in [-0.39, 0.29) is 13.0 Å². The second-order valence-electron chi connectivity index (χ2n) is 7.92. The summed E-state index contributed by atoms with van der Waals surface area (Å²) in [5, 5.41) is 0. The van der Waals surface area contributed by atoms with Crippen molar-refractivity contribution in [3.05, 3.63) is 58.7 Å². The van der Waals surface area contributed by atoms with Crippen LogP contribution in [0.3, 0.4) is 0 Å². The van der Waals surface area contributed by atoms with Crippen molar-refractivity contribution < 1.29 is 27.4 Å². The van der Waals surface area contributed by atoms with Crippen molar-refractivity contribution >= 4 is 16.2 Å². The number of carbonyl (C=O) groups is 1. The molecule has 2 heterocycles. The molecule has 0 saturated heterocycles. The number of nitrogens with zero attached hydrogens (tertiary/aromatic N) is 2.